The topological polar surface area (TPSA) is 108 Å². The van der Waals surface area contributed by atoms with Crippen molar-refractivity contribution < 1.29 is 22.4 Å². The van der Waals surface area contributed by atoms with Crippen molar-refractivity contribution in [3.63, 3.8) is 0 Å². The van der Waals surface area contributed by atoms with E-state index in [1.165, 1.54) is 12.4 Å². The molecule has 0 aliphatic carbocycles. The van der Waals surface area contributed by atoms with E-state index in [0.717, 1.165) is 18.0 Å². The van der Waals surface area contributed by atoms with Gasteiger partial charge < -0.3 is 24.7 Å². The van der Waals surface area contributed by atoms with Crippen molar-refractivity contribution in [1.29, 1.82) is 0 Å². The average Bonchev–Trinajstić information content (AvgIpc) is 3.71. The molecule has 0 saturated carbocycles. The zero-order valence-corrected chi connectivity index (χ0v) is 23.5. The number of rotatable bonds is 7. The first-order valence-electron chi connectivity index (χ1n) is 13.8. The van der Waals surface area contributed by atoms with Crippen LogP contribution >= 0.6 is 0 Å². The number of nitrogens with one attached hydrogen (secondary N) is 2. The number of amides is 1. The quantitative estimate of drug-likeness (QED) is 0.236. The van der Waals surface area contributed by atoms with Crippen LogP contribution in [0.5, 0.6) is 0 Å². The van der Waals surface area contributed by atoms with Gasteiger partial charge in [-0.15, -0.1) is 0 Å². The summed E-state index contributed by atoms with van der Waals surface area (Å²) in [5.41, 5.74) is 0.305. The lowest BCUT2D eigenvalue weighted by atomic mass is 9.95. The molecule has 0 bridgehead atoms. The molecule has 5 heterocycles. The van der Waals surface area contributed by atoms with Crippen LogP contribution < -0.4 is 10.2 Å². The number of carbonyl (C=O) groups is 1. The number of imidazole rings is 2. The maximum atomic E-state index is 14.0. The molecule has 0 atom stereocenters. The van der Waals surface area contributed by atoms with Crippen molar-refractivity contribution >= 4 is 29.2 Å². The van der Waals surface area contributed by atoms with Crippen LogP contribution in [0.25, 0.3) is 22.9 Å². The second-order valence-electron chi connectivity index (χ2n) is 10.8. The normalized spacial score (nSPS) is 16.8. The Morgan fingerprint density at radius 1 is 1.14 bits per heavy atom. The minimum atomic E-state index is -4.81. The first-order chi connectivity index (χ1) is 20.6. The number of aromatic amines is 1. The molecule has 10 nitrogen and oxygen atoms in total. The molecule has 1 aromatic carbocycles. The smallest absolute Gasteiger partial charge is 0.356 e. The van der Waals surface area contributed by atoms with Crippen molar-refractivity contribution in [3.05, 3.63) is 71.7 Å². The van der Waals surface area contributed by atoms with Crippen LogP contribution in [0.15, 0.2) is 43.1 Å². The van der Waals surface area contributed by atoms with Crippen LogP contribution in [-0.4, -0.2) is 74.0 Å². The Balaban J connectivity index is 1.27. The molecule has 1 amide bonds. The van der Waals surface area contributed by atoms with Crippen molar-refractivity contribution in [2.24, 2.45) is 0 Å². The van der Waals surface area contributed by atoms with Gasteiger partial charge in [0.15, 0.2) is 0 Å². The molecule has 1 saturated heterocycles. The number of halogens is 4. The number of nitrogens with zero attached hydrogens (tertiary/aromatic N) is 7. The predicted octanol–water partition coefficient (Wildman–Crippen LogP) is 4.66. The van der Waals surface area contributed by atoms with E-state index in [4.69, 9.17) is 4.98 Å². The van der Waals surface area contributed by atoms with E-state index in [2.05, 4.69) is 30.2 Å². The summed E-state index contributed by atoms with van der Waals surface area (Å²) < 4.78 is 56.2. The van der Waals surface area contributed by atoms with E-state index < -0.39 is 17.6 Å². The number of fused-ring (bicyclic) bond motifs is 1. The molecular weight excluding hydrogens is 566 g/mol. The first kappa shape index (κ1) is 28.5. The van der Waals surface area contributed by atoms with Crippen molar-refractivity contribution in [2.45, 2.75) is 31.5 Å². The molecule has 2 aliphatic rings. The second kappa shape index (κ2) is 11.2. The van der Waals surface area contributed by atoms with E-state index in [1.807, 2.05) is 23.6 Å². The molecule has 0 spiro atoms. The SMILES string of the molecule is CN(C)CCn1cc(-c2ccc(F)c(C(F)(F)F)c2)nc1C1CCN(c2ncnc3c2C(=Cc2ncc[nH]2)C(=O)N3)CC1. The fourth-order valence-electron chi connectivity index (χ4n) is 5.51. The Kier molecular flexibility index (Phi) is 7.46. The number of alkyl halides is 3. The number of aromatic nitrogens is 6. The Morgan fingerprint density at radius 2 is 1.93 bits per heavy atom. The molecule has 2 N–H and O–H groups in total. The summed E-state index contributed by atoms with van der Waals surface area (Å²) in [6.07, 6.45) is 4.72. The van der Waals surface area contributed by atoms with E-state index in [0.29, 0.717) is 73.3 Å². The lowest BCUT2D eigenvalue weighted by Crippen LogP contribution is -2.35. The molecule has 0 radical (unpaired) electrons. The number of H-pyrrole nitrogens is 1. The molecule has 6 rings (SSSR count). The van der Waals surface area contributed by atoms with Gasteiger partial charge in [-0.25, -0.2) is 24.3 Å². The number of benzene rings is 1. The maximum Gasteiger partial charge on any atom is 0.419 e. The summed E-state index contributed by atoms with van der Waals surface area (Å²) in [5.74, 6) is 0.827. The molecular formula is C29H29F4N9O. The molecule has 2 aliphatic heterocycles. The van der Waals surface area contributed by atoms with Gasteiger partial charge in [-0.1, -0.05) is 0 Å². The fraction of sp³-hybridized carbons (Fsp3) is 0.345. The highest BCUT2D eigenvalue weighted by molar-refractivity contribution is 6.35. The lowest BCUT2D eigenvalue weighted by molar-refractivity contribution is -0.139. The maximum absolute atomic E-state index is 14.0. The Bertz CT molecular complexity index is 1670. The van der Waals surface area contributed by atoms with Crippen molar-refractivity contribution in [3.8, 4) is 11.3 Å². The van der Waals surface area contributed by atoms with Crippen LogP contribution in [0.3, 0.4) is 0 Å². The van der Waals surface area contributed by atoms with Crippen molar-refractivity contribution in [2.75, 3.05) is 43.9 Å². The van der Waals surface area contributed by atoms with Gasteiger partial charge in [0, 0.05) is 56.3 Å². The highest BCUT2D eigenvalue weighted by atomic mass is 19.4. The van der Waals surface area contributed by atoms with Gasteiger partial charge in [-0.2, -0.15) is 13.2 Å². The van der Waals surface area contributed by atoms with Crippen molar-refractivity contribution in [1.82, 2.24) is 34.4 Å². The Morgan fingerprint density at radius 3 is 2.63 bits per heavy atom. The summed E-state index contributed by atoms with van der Waals surface area (Å²) in [7, 11) is 3.89. The molecule has 3 aromatic heterocycles. The monoisotopic (exact) mass is 595 g/mol. The van der Waals surface area contributed by atoms with Crippen LogP contribution in [0.2, 0.25) is 0 Å². The Hall–Kier alpha value is -4.59. The van der Waals surface area contributed by atoms with Gasteiger partial charge in [0.05, 0.1) is 22.4 Å². The van der Waals surface area contributed by atoms with Gasteiger partial charge in [0.1, 0.15) is 35.4 Å². The van der Waals surface area contributed by atoms with Gasteiger partial charge in [0.2, 0.25) is 0 Å². The van der Waals surface area contributed by atoms with Crippen LogP contribution in [0, 0.1) is 5.82 Å². The van der Waals surface area contributed by atoms with Gasteiger partial charge in [0.25, 0.3) is 5.91 Å². The van der Waals surface area contributed by atoms with E-state index in [1.54, 1.807) is 24.7 Å². The predicted molar refractivity (Wildman–Crippen MR) is 152 cm³/mol. The summed E-state index contributed by atoms with van der Waals surface area (Å²) in [4.78, 5) is 37.7. The van der Waals surface area contributed by atoms with Gasteiger partial charge >= 0.3 is 6.18 Å². The van der Waals surface area contributed by atoms with Crippen LogP contribution in [0.4, 0.5) is 29.2 Å². The third kappa shape index (κ3) is 5.74. The van der Waals surface area contributed by atoms with E-state index in [9.17, 15) is 22.4 Å². The summed E-state index contributed by atoms with van der Waals surface area (Å²) in [6.45, 7) is 2.52. The number of hydrogen-bond donors (Lipinski definition) is 2. The molecule has 43 heavy (non-hydrogen) atoms. The average molecular weight is 596 g/mol. The number of piperidine rings is 1. The summed E-state index contributed by atoms with van der Waals surface area (Å²) >= 11 is 0. The second-order valence-corrected chi connectivity index (χ2v) is 10.8. The number of carbonyl (C=O) groups excluding carboxylic acids is 1. The fourth-order valence-corrected chi connectivity index (χ4v) is 5.51. The van der Waals surface area contributed by atoms with E-state index in [-0.39, 0.29) is 17.4 Å². The lowest BCUT2D eigenvalue weighted by Gasteiger charge is -2.33. The van der Waals surface area contributed by atoms with Gasteiger partial charge in [-0.05, 0) is 51.2 Å². The number of anilines is 2. The summed E-state index contributed by atoms with van der Waals surface area (Å²) in [6, 6.07) is 2.98. The molecule has 224 valence electrons. The zero-order valence-electron chi connectivity index (χ0n) is 23.5. The number of likely N-dealkylation sites (N-methyl/N-ethyl adjacent to an activating group) is 1. The zero-order chi connectivity index (χ0) is 30.3. The van der Waals surface area contributed by atoms with Crippen LogP contribution in [-0.2, 0) is 17.5 Å². The summed E-state index contributed by atoms with van der Waals surface area (Å²) in [5, 5.41) is 2.80. The van der Waals surface area contributed by atoms with Crippen LogP contribution in [0.1, 0.15) is 41.5 Å². The number of hydrogen-bond acceptors (Lipinski definition) is 7. The molecule has 1 fully saturated rings. The molecule has 0 unspecified atom stereocenters. The standard InChI is InChI=1S/C29H29F4N9O/c1-40(2)11-12-42-15-22(18-3-4-21(30)20(13-18)29(31,32)33)38-26(42)17-5-9-41(10-6-17)27-24-19(14-23-34-7-8-35-23)28(43)39-25(24)36-16-37-27/h3-4,7-8,13-17H,5-6,9-12H2,1-2H3,(H,34,35)(H,36,37,39,43). The third-order valence-electron chi connectivity index (χ3n) is 7.70. The highest BCUT2D eigenvalue weighted by Crippen LogP contribution is 2.40. The third-order valence-corrected chi connectivity index (χ3v) is 7.70. The minimum absolute atomic E-state index is 0.0301. The first-order valence-corrected chi connectivity index (χ1v) is 13.8. The minimum Gasteiger partial charge on any atom is -0.356 e. The largest absolute Gasteiger partial charge is 0.419 e. The van der Waals surface area contributed by atoms with Gasteiger partial charge in [-0.3, -0.25) is 4.79 Å². The van der Waals surface area contributed by atoms with E-state index >= 15 is 0 Å². The Labute approximate surface area is 244 Å². The molecule has 14 heteroatoms. The highest BCUT2D eigenvalue weighted by Gasteiger charge is 2.36. The molecule has 4 aromatic rings.